The molecule has 0 saturated carbocycles. The summed E-state index contributed by atoms with van der Waals surface area (Å²) in [6, 6.07) is 6.05. The molecule has 20 heavy (non-hydrogen) atoms. The highest BCUT2D eigenvalue weighted by Gasteiger charge is 2.09. The molecule has 0 atom stereocenters. The number of nitrogens with one attached hydrogen (secondary N) is 1. The molecule has 0 aliphatic heterocycles. The summed E-state index contributed by atoms with van der Waals surface area (Å²) in [5, 5.41) is 4.22. The Bertz CT molecular complexity index is 548. The monoisotopic (exact) mass is 291 g/mol. The van der Waals surface area contributed by atoms with Crippen LogP contribution in [0.25, 0.3) is 5.69 Å². The van der Waals surface area contributed by atoms with Gasteiger partial charge in [-0.25, -0.2) is 4.98 Å². The van der Waals surface area contributed by atoms with Crippen molar-refractivity contribution in [3.8, 4) is 5.69 Å². The van der Waals surface area contributed by atoms with Crippen molar-refractivity contribution < 1.29 is 0 Å². The molecule has 0 amide bonds. The quantitative estimate of drug-likeness (QED) is 0.782. The Kier molecular flexibility index (Phi) is 5.62. The van der Waals surface area contributed by atoms with Gasteiger partial charge in [-0.15, -0.1) is 0 Å². The first-order chi connectivity index (χ1) is 9.76. The minimum Gasteiger partial charge on any atom is -0.313 e. The Labute approximate surface area is 126 Å². The average molecular weight is 292 g/mol. The third-order valence-electron chi connectivity index (χ3n) is 3.23. The van der Waals surface area contributed by atoms with Gasteiger partial charge in [0.05, 0.1) is 5.69 Å². The minimum atomic E-state index is 0.777. The standard InChI is InChI=1S/C16H22ClN3/c1-3-5-16-19-9-10-20(16)15-7-6-14(17)11-13(15)12-18-8-4-2/h6-7,9-11,18H,3-5,8,12H2,1-2H3. The van der Waals surface area contributed by atoms with E-state index >= 15 is 0 Å². The van der Waals surface area contributed by atoms with Gasteiger partial charge in [-0.3, -0.25) is 0 Å². The SMILES string of the molecule is CCCNCc1cc(Cl)ccc1-n1ccnc1CCC. The summed E-state index contributed by atoms with van der Waals surface area (Å²) < 4.78 is 2.17. The third kappa shape index (κ3) is 3.62. The van der Waals surface area contributed by atoms with Crippen LogP contribution >= 0.6 is 11.6 Å². The largest absolute Gasteiger partial charge is 0.313 e. The first-order valence-electron chi connectivity index (χ1n) is 7.28. The van der Waals surface area contributed by atoms with E-state index in [1.54, 1.807) is 0 Å². The number of hydrogen-bond acceptors (Lipinski definition) is 2. The van der Waals surface area contributed by atoms with Gasteiger partial charge in [0.2, 0.25) is 0 Å². The number of rotatable bonds is 7. The van der Waals surface area contributed by atoms with E-state index in [0.29, 0.717) is 0 Å². The number of aromatic nitrogens is 2. The van der Waals surface area contributed by atoms with Gasteiger partial charge in [-0.05, 0) is 43.1 Å². The summed E-state index contributed by atoms with van der Waals surface area (Å²) >= 11 is 6.14. The second-order valence-corrected chi connectivity index (χ2v) is 5.35. The highest BCUT2D eigenvalue weighted by atomic mass is 35.5. The number of hydrogen-bond donors (Lipinski definition) is 1. The lowest BCUT2D eigenvalue weighted by Gasteiger charge is -2.14. The Balaban J connectivity index is 2.31. The van der Waals surface area contributed by atoms with Crippen LogP contribution in [-0.2, 0) is 13.0 Å². The van der Waals surface area contributed by atoms with Crippen LogP contribution in [0.2, 0.25) is 5.02 Å². The molecular formula is C16H22ClN3. The van der Waals surface area contributed by atoms with Crippen LogP contribution in [0.5, 0.6) is 0 Å². The van der Waals surface area contributed by atoms with Crippen molar-refractivity contribution in [3.05, 3.63) is 47.0 Å². The van der Waals surface area contributed by atoms with Gasteiger partial charge in [0.1, 0.15) is 5.82 Å². The molecule has 2 rings (SSSR count). The number of aryl methyl sites for hydroxylation is 1. The van der Waals surface area contributed by atoms with Crippen molar-refractivity contribution in [1.29, 1.82) is 0 Å². The molecule has 1 heterocycles. The zero-order chi connectivity index (χ0) is 14.4. The maximum Gasteiger partial charge on any atom is 0.113 e. The fourth-order valence-corrected chi connectivity index (χ4v) is 2.49. The lowest BCUT2D eigenvalue weighted by atomic mass is 10.1. The lowest BCUT2D eigenvalue weighted by molar-refractivity contribution is 0.671. The Morgan fingerprint density at radius 3 is 2.85 bits per heavy atom. The molecule has 0 radical (unpaired) electrons. The number of nitrogens with zero attached hydrogens (tertiary/aromatic N) is 2. The molecule has 4 heteroatoms. The van der Waals surface area contributed by atoms with Crippen LogP contribution in [0.15, 0.2) is 30.6 Å². The first kappa shape index (κ1) is 15.1. The van der Waals surface area contributed by atoms with Crippen LogP contribution in [0, 0.1) is 0 Å². The van der Waals surface area contributed by atoms with E-state index in [4.69, 9.17) is 11.6 Å². The normalized spacial score (nSPS) is 10.9. The van der Waals surface area contributed by atoms with Gasteiger partial charge in [0, 0.05) is 30.4 Å². The van der Waals surface area contributed by atoms with Crippen molar-refractivity contribution in [2.75, 3.05) is 6.54 Å². The van der Waals surface area contributed by atoms with Gasteiger partial charge in [0.15, 0.2) is 0 Å². The maximum absolute atomic E-state index is 6.14. The number of benzene rings is 1. The Morgan fingerprint density at radius 2 is 2.10 bits per heavy atom. The van der Waals surface area contributed by atoms with Crippen LogP contribution < -0.4 is 5.32 Å². The molecule has 0 unspecified atom stereocenters. The van der Waals surface area contributed by atoms with E-state index < -0.39 is 0 Å². The summed E-state index contributed by atoms with van der Waals surface area (Å²) in [5.41, 5.74) is 2.38. The van der Waals surface area contributed by atoms with E-state index in [1.807, 2.05) is 24.5 Å². The van der Waals surface area contributed by atoms with Gasteiger partial charge in [0.25, 0.3) is 0 Å². The van der Waals surface area contributed by atoms with E-state index in [1.165, 1.54) is 11.3 Å². The van der Waals surface area contributed by atoms with E-state index in [2.05, 4.69) is 34.8 Å². The first-order valence-corrected chi connectivity index (χ1v) is 7.65. The zero-order valence-corrected chi connectivity index (χ0v) is 13.0. The molecule has 108 valence electrons. The summed E-state index contributed by atoms with van der Waals surface area (Å²) in [6.45, 7) is 6.18. The molecule has 0 spiro atoms. The van der Waals surface area contributed by atoms with Gasteiger partial charge >= 0.3 is 0 Å². The minimum absolute atomic E-state index is 0.777. The molecule has 2 aromatic rings. The fraction of sp³-hybridized carbons (Fsp3) is 0.438. The zero-order valence-electron chi connectivity index (χ0n) is 12.2. The van der Waals surface area contributed by atoms with Crippen molar-refractivity contribution >= 4 is 11.6 Å². The molecular weight excluding hydrogens is 270 g/mol. The van der Waals surface area contributed by atoms with Crippen LogP contribution in [0.4, 0.5) is 0 Å². The molecule has 3 nitrogen and oxygen atoms in total. The van der Waals surface area contributed by atoms with E-state index in [-0.39, 0.29) is 0 Å². The van der Waals surface area contributed by atoms with E-state index in [9.17, 15) is 0 Å². The molecule has 1 aromatic heterocycles. The highest BCUT2D eigenvalue weighted by Crippen LogP contribution is 2.21. The molecule has 0 fully saturated rings. The van der Waals surface area contributed by atoms with Crippen molar-refractivity contribution in [1.82, 2.24) is 14.9 Å². The molecule has 1 N–H and O–H groups in total. The van der Waals surface area contributed by atoms with Gasteiger partial charge < -0.3 is 9.88 Å². The molecule has 0 aliphatic carbocycles. The smallest absolute Gasteiger partial charge is 0.113 e. The fourth-order valence-electron chi connectivity index (χ4n) is 2.29. The maximum atomic E-state index is 6.14. The molecule has 0 bridgehead atoms. The predicted molar refractivity (Wildman–Crippen MR) is 84.6 cm³/mol. The van der Waals surface area contributed by atoms with Crippen molar-refractivity contribution in [2.24, 2.45) is 0 Å². The Morgan fingerprint density at radius 1 is 1.25 bits per heavy atom. The predicted octanol–water partition coefficient (Wildman–Crippen LogP) is 3.98. The van der Waals surface area contributed by atoms with Crippen molar-refractivity contribution in [3.63, 3.8) is 0 Å². The summed E-state index contributed by atoms with van der Waals surface area (Å²) in [5.74, 6) is 1.10. The van der Waals surface area contributed by atoms with Crippen LogP contribution in [0.3, 0.4) is 0 Å². The second kappa shape index (κ2) is 7.46. The topological polar surface area (TPSA) is 29.9 Å². The van der Waals surface area contributed by atoms with Crippen molar-refractivity contribution in [2.45, 2.75) is 39.7 Å². The second-order valence-electron chi connectivity index (χ2n) is 4.91. The van der Waals surface area contributed by atoms with E-state index in [0.717, 1.165) is 43.2 Å². The summed E-state index contributed by atoms with van der Waals surface area (Å²) in [6.07, 6.45) is 7.09. The summed E-state index contributed by atoms with van der Waals surface area (Å²) in [4.78, 5) is 4.45. The number of halogens is 1. The lowest BCUT2D eigenvalue weighted by Crippen LogP contribution is -2.16. The van der Waals surface area contributed by atoms with Crippen LogP contribution in [0.1, 0.15) is 38.1 Å². The molecule has 1 aromatic carbocycles. The molecule has 0 aliphatic rings. The number of imidazole rings is 1. The Hall–Kier alpha value is -1.32. The third-order valence-corrected chi connectivity index (χ3v) is 3.47. The van der Waals surface area contributed by atoms with Crippen LogP contribution in [-0.4, -0.2) is 16.1 Å². The van der Waals surface area contributed by atoms with Gasteiger partial charge in [-0.1, -0.05) is 25.4 Å². The summed E-state index contributed by atoms with van der Waals surface area (Å²) in [7, 11) is 0. The average Bonchev–Trinajstić information content (AvgIpc) is 2.88. The van der Waals surface area contributed by atoms with Gasteiger partial charge in [-0.2, -0.15) is 0 Å². The highest BCUT2D eigenvalue weighted by molar-refractivity contribution is 6.30. The molecule has 0 saturated heterocycles.